The Morgan fingerprint density at radius 1 is 1.03 bits per heavy atom. The maximum Gasteiger partial charge on any atom is 0.221 e. The first-order chi connectivity index (χ1) is 14.6. The number of ether oxygens (including phenoxy) is 1. The normalized spacial score (nSPS) is 10.6. The van der Waals surface area contributed by atoms with Crippen molar-refractivity contribution in [1.82, 2.24) is 15.2 Å². The number of aryl methyl sites for hydroxylation is 1. The Morgan fingerprint density at radius 3 is 2.47 bits per heavy atom. The quantitative estimate of drug-likeness (QED) is 0.490. The average molecular weight is 405 g/mol. The van der Waals surface area contributed by atoms with Crippen molar-refractivity contribution in [3.63, 3.8) is 0 Å². The molecule has 2 aromatic carbocycles. The van der Waals surface area contributed by atoms with Gasteiger partial charge in [-0.25, -0.2) is 4.98 Å². The van der Waals surface area contributed by atoms with E-state index in [9.17, 15) is 4.79 Å². The summed E-state index contributed by atoms with van der Waals surface area (Å²) in [5.74, 6) is 1.33. The van der Waals surface area contributed by atoms with Gasteiger partial charge < -0.3 is 10.1 Å². The molecule has 0 unspecified atom stereocenters. The maximum absolute atomic E-state index is 11.2. The average Bonchev–Trinajstić information content (AvgIpc) is 2.75. The van der Waals surface area contributed by atoms with Crippen LogP contribution in [0.5, 0.6) is 5.75 Å². The van der Waals surface area contributed by atoms with Crippen molar-refractivity contribution in [3.05, 3.63) is 54.2 Å². The van der Waals surface area contributed by atoms with Gasteiger partial charge in [0.05, 0.1) is 12.8 Å². The van der Waals surface area contributed by atoms with Gasteiger partial charge in [0.15, 0.2) is 5.82 Å². The lowest BCUT2D eigenvalue weighted by Crippen LogP contribution is -2.05. The summed E-state index contributed by atoms with van der Waals surface area (Å²) >= 11 is 0. The highest BCUT2D eigenvalue weighted by Gasteiger charge is 2.11. The summed E-state index contributed by atoms with van der Waals surface area (Å²) in [6.45, 7) is 6.32. The van der Waals surface area contributed by atoms with Gasteiger partial charge in [-0.15, -0.1) is 10.2 Å². The fraction of sp³-hybridized carbons (Fsp3) is 0.333. The van der Waals surface area contributed by atoms with Crippen molar-refractivity contribution >= 4 is 11.6 Å². The standard InChI is InChI=1S/C24H28N4O2/c1-4-6-7-8-19-15-21(30-5-2)13-14-22(19)23-16-25-24(28-27-23)18-9-11-20(12-10-18)26-17(3)29/h9-16H,4-8H2,1-3H3,(H,26,29). The molecule has 1 N–H and O–H groups in total. The summed E-state index contributed by atoms with van der Waals surface area (Å²) in [5, 5.41) is 11.5. The van der Waals surface area contributed by atoms with Crippen LogP contribution in [0.4, 0.5) is 5.69 Å². The Hall–Kier alpha value is -3.28. The predicted molar refractivity (Wildman–Crippen MR) is 119 cm³/mol. The molecule has 0 aliphatic heterocycles. The van der Waals surface area contributed by atoms with Crippen molar-refractivity contribution in [2.75, 3.05) is 11.9 Å². The number of hydrogen-bond donors (Lipinski definition) is 1. The number of unbranched alkanes of at least 4 members (excludes halogenated alkanes) is 2. The van der Waals surface area contributed by atoms with Gasteiger partial charge in [0.25, 0.3) is 0 Å². The number of carbonyl (C=O) groups is 1. The van der Waals surface area contributed by atoms with Crippen LogP contribution in [0, 0.1) is 0 Å². The molecule has 1 heterocycles. The monoisotopic (exact) mass is 404 g/mol. The highest BCUT2D eigenvalue weighted by atomic mass is 16.5. The third-order valence-electron chi connectivity index (χ3n) is 4.74. The minimum absolute atomic E-state index is 0.102. The SMILES string of the molecule is CCCCCc1cc(OCC)ccc1-c1cnc(-c2ccc(NC(C)=O)cc2)nn1. The van der Waals surface area contributed by atoms with Gasteiger partial charge in [-0.2, -0.15) is 0 Å². The van der Waals surface area contributed by atoms with Gasteiger partial charge in [0.2, 0.25) is 5.91 Å². The second-order valence-electron chi connectivity index (χ2n) is 7.13. The Labute approximate surface area is 177 Å². The van der Waals surface area contributed by atoms with E-state index < -0.39 is 0 Å². The minimum Gasteiger partial charge on any atom is -0.494 e. The number of hydrogen-bond acceptors (Lipinski definition) is 5. The van der Waals surface area contributed by atoms with Crippen molar-refractivity contribution in [2.24, 2.45) is 0 Å². The van der Waals surface area contributed by atoms with Gasteiger partial charge in [-0.05, 0) is 67.8 Å². The lowest BCUT2D eigenvalue weighted by atomic mass is 9.99. The molecule has 1 aromatic heterocycles. The van der Waals surface area contributed by atoms with Crippen LogP contribution in [0.25, 0.3) is 22.6 Å². The zero-order chi connectivity index (χ0) is 21.3. The molecule has 0 saturated heterocycles. The lowest BCUT2D eigenvalue weighted by molar-refractivity contribution is -0.114. The van der Waals surface area contributed by atoms with E-state index >= 15 is 0 Å². The molecule has 0 spiro atoms. The summed E-state index contributed by atoms with van der Waals surface area (Å²) in [7, 11) is 0. The van der Waals surface area contributed by atoms with E-state index in [4.69, 9.17) is 4.74 Å². The molecule has 6 heteroatoms. The zero-order valence-electron chi connectivity index (χ0n) is 17.8. The van der Waals surface area contributed by atoms with Crippen LogP contribution in [0.15, 0.2) is 48.7 Å². The third-order valence-corrected chi connectivity index (χ3v) is 4.74. The van der Waals surface area contributed by atoms with Crippen LogP contribution in [-0.2, 0) is 11.2 Å². The first-order valence-corrected chi connectivity index (χ1v) is 10.4. The van der Waals surface area contributed by atoms with Crippen LogP contribution < -0.4 is 10.1 Å². The van der Waals surface area contributed by atoms with Gasteiger partial charge in [-0.1, -0.05) is 19.8 Å². The number of nitrogens with one attached hydrogen (secondary N) is 1. The maximum atomic E-state index is 11.2. The Balaban J connectivity index is 1.83. The molecule has 1 amide bonds. The molecule has 0 saturated carbocycles. The van der Waals surface area contributed by atoms with E-state index in [0.717, 1.165) is 41.1 Å². The Bertz CT molecular complexity index is 970. The van der Waals surface area contributed by atoms with E-state index in [1.165, 1.54) is 25.3 Å². The second-order valence-corrected chi connectivity index (χ2v) is 7.13. The molecule has 30 heavy (non-hydrogen) atoms. The van der Waals surface area contributed by atoms with Crippen molar-refractivity contribution < 1.29 is 9.53 Å². The van der Waals surface area contributed by atoms with Crippen molar-refractivity contribution in [1.29, 1.82) is 0 Å². The zero-order valence-corrected chi connectivity index (χ0v) is 17.8. The number of nitrogens with zero attached hydrogens (tertiary/aromatic N) is 3. The fourth-order valence-electron chi connectivity index (χ4n) is 3.29. The smallest absolute Gasteiger partial charge is 0.221 e. The summed E-state index contributed by atoms with van der Waals surface area (Å²) in [6, 6.07) is 13.5. The van der Waals surface area contributed by atoms with Crippen molar-refractivity contribution in [2.45, 2.75) is 46.5 Å². The number of amides is 1. The van der Waals surface area contributed by atoms with Gasteiger partial charge in [-0.3, -0.25) is 4.79 Å². The van der Waals surface area contributed by atoms with E-state index in [1.807, 2.05) is 43.3 Å². The van der Waals surface area contributed by atoms with Crippen molar-refractivity contribution in [3.8, 4) is 28.4 Å². The molecule has 0 bridgehead atoms. The molecular formula is C24H28N4O2. The first kappa shape index (κ1) is 21.4. The number of aromatic nitrogens is 3. The molecule has 0 aliphatic carbocycles. The van der Waals surface area contributed by atoms with E-state index in [1.54, 1.807) is 6.20 Å². The molecule has 156 valence electrons. The first-order valence-electron chi connectivity index (χ1n) is 10.4. The van der Waals surface area contributed by atoms with E-state index in [0.29, 0.717) is 12.4 Å². The number of benzene rings is 2. The molecule has 0 radical (unpaired) electrons. The largest absolute Gasteiger partial charge is 0.494 e. The van der Waals surface area contributed by atoms with Crippen LogP contribution in [0.3, 0.4) is 0 Å². The molecule has 0 fully saturated rings. The third kappa shape index (κ3) is 5.63. The topological polar surface area (TPSA) is 77.0 Å². The second kappa shape index (κ2) is 10.5. The summed E-state index contributed by atoms with van der Waals surface area (Å²) in [5.41, 5.74) is 4.59. The highest BCUT2D eigenvalue weighted by molar-refractivity contribution is 5.88. The molecule has 0 aliphatic rings. The summed E-state index contributed by atoms with van der Waals surface area (Å²) in [4.78, 5) is 15.7. The number of carbonyl (C=O) groups excluding carboxylic acids is 1. The van der Waals surface area contributed by atoms with Gasteiger partial charge >= 0.3 is 0 Å². The van der Waals surface area contributed by atoms with Crippen LogP contribution in [0.2, 0.25) is 0 Å². The lowest BCUT2D eigenvalue weighted by Gasteiger charge is -2.12. The van der Waals surface area contributed by atoms with E-state index in [-0.39, 0.29) is 5.91 Å². The molecule has 3 aromatic rings. The van der Waals surface area contributed by atoms with Gasteiger partial charge in [0, 0.05) is 23.7 Å². The van der Waals surface area contributed by atoms with Crippen LogP contribution >= 0.6 is 0 Å². The summed E-state index contributed by atoms with van der Waals surface area (Å²) < 4.78 is 5.68. The van der Waals surface area contributed by atoms with E-state index in [2.05, 4.69) is 33.5 Å². The molecule has 3 rings (SSSR count). The van der Waals surface area contributed by atoms with Crippen LogP contribution in [0.1, 0.15) is 45.6 Å². The number of rotatable bonds is 9. The van der Waals surface area contributed by atoms with Crippen LogP contribution in [-0.4, -0.2) is 27.7 Å². The Kier molecular flexibility index (Phi) is 7.49. The Morgan fingerprint density at radius 2 is 1.83 bits per heavy atom. The number of anilines is 1. The highest BCUT2D eigenvalue weighted by Crippen LogP contribution is 2.28. The fourth-order valence-corrected chi connectivity index (χ4v) is 3.29. The molecule has 6 nitrogen and oxygen atoms in total. The predicted octanol–water partition coefficient (Wildman–Crippen LogP) is 5.30. The molecule has 0 atom stereocenters. The van der Waals surface area contributed by atoms with Gasteiger partial charge in [0.1, 0.15) is 11.4 Å². The molecular weight excluding hydrogens is 376 g/mol. The summed E-state index contributed by atoms with van der Waals surface area (Å²) in [6.07, 6.45) is 6.23. The minimum atomic E-state index is -0.102.